The summed E-state index contributed by atoms with van der Waals surface area (Å²) in [6.45, 7) is 5.27. The number of pyridine rings is 1. The maximum absolute atomic E-state index is 14.1. The van der Waals surface area contributed by atoms with Crippen LogP contribution in [0, 0.1) is 22.6 Å². The van der Waals surface area contributed by atoms with E-state index in [9.17, 15) is 17.6 Å². The van der Waals surface area contributed by atoms with Gasteiger partial charge in [-0.2, -0.15) is 4.31 Å². The number of halogens is 2. The number of ketones is 1. The fourth-order valence-corrected chi connectivity index (χ4v) is 7.68. The largest absolute Gasteiger partial charge is 0.352 e. The van der Waals surface area contributed by atoms with Gasteiger partial charge in [0, 0.05) is 44.2 Å². The number of hydrogen-bond donors (Lipinski definition) is 0. The second kappa shape index (κ2) is 6.64. The van der Waals surface area contributed by atoms with Gasteiger partial charge in [-0.15, -0.1) is 0 Å². The van der Waals surface area contributed by atoms with Gasteiger partial charge in [0.2, 0.25) is 10.0 Å². The third kappa shape index (κ3) is 2.95. The van der Waals surface area contributed by atoms with Gasteiger partial charge in [0.05, 0.1) is 10.8 Å². The number of piperazine rings is 1. The Kier molecular flexibility index (Phi) is 4.75. The molecule has 3 aliphatic rings. The number of carbonyl (C=O) groups excluding carboxylic acids is 1. The molecule has 2 bridgehead atoms. The van der Waals surface area contributed by atoms with Crippen molar-refractivity contribution in [1.82, 2.24) is 9.29 Å². The van der Waals surface area contributed by atoms with Crippen LogP contribution < -0.4 is 4.90 Å². The Morgan fingerprint density at radius 3 is 2.50 bits per heavy atom. The monoisotopic (exact) mass is 429 g/mol. The van der Waals surface area contributed by atoms with Crippen molar-refractivity contribution in [2.45, 2.75) is 33.1 Å². The average molecular weight is 430 g/mol. The third-order valence-electron chi connectivity index (χ3n) is 7.29. The maximum atomic E-state index is 14.1. The number of Topliss-reactive ketones (excluding diaryl/α,β-unsaturated/α-hetero) is 1. The summed E-state index contributed by atoms with van der Waals surface area (Å²) in [6.07, 6.45) is 3.45. The lowest BCUT2D eigenvalue weighted by atomic mass is 9.70. The molecular formula is C19H25ClFN3O3S. The predicted molar refractivity (Wildman–Crippen MR) is 105 cm³/mol. The highest BCUT2D eigenvalue weighted by Gasteiger charge is 2.65. The minimum Gasteiger partial charge on any atom is -0.352 e. The molecule has 1 aliphatic heterocycles. The molecule has 6 nitrogen and oxygen atoms in total. The van der Waals surface area contributed by atoms with Crippen LogP contribution >= 0.6 is 11.6 Å². The highest BCUT2D eigenvalue weighted by Crippen LogP contribution is 2.64. The molecule has 154 valence electrons. The minimum absolute atomic E-state index is 0.100. The molecule has 0 radical (unpaired) electrons. The van der Waals surface area contributed by atoms with Crippen LogP contribution in [0.25, 0.3) is 0 Å². The van der Waals surface area contributed by atoms with E-state index in [1.54, 1.807) is 4.90 Å². The maximum Gasteiger partial charge on any atom is 0.215 e. The summed E-state index contributed by atoms with van der Waals surface area (Å²) < 4.78 is 41.9. The highest BCUT2D eigenvalue weighted by atomic mass is 35.5. The Hall–Kier alpha value is -1.25. The summed E-state index contributed by atoms with van der Waals surface area (Å²) in [7, 11) is -3.59. The van der Waals surface area contributed by atoms with E-state index in [1.165, 1.54) is 16.6 Å². The van der Waals surface area contributed by atoms with Gasteiger partial charge in [-0.1, -0.05) is 25.4 Å². The third-order valence-corrected chi connectivity index (χ3v) is 9.50. The molecule has 2 heterocycles. The van der Waals surface area contributed by atoms with Crippen LogP contribution in [0.5, 0.6) is 0 Å². The van der Waals surface area contributed by atoms with E-state index in [4.69, 9.17) is 11.6 Å². The molecule has 3 fully saturated rings. The van der Waals surface area contributed by atoms with Gasteiger partial charge in [0.25, 0.3) is 0 Å². The Bertz CT molecular complexity index is 915. The minimum atomic E-state index is -3.59. The van der Waals surface area contributed by atoms with Crippen LogP contribution in [0.3, 0.4) is 0 Å². The fraction of sp³-hybridized carbons (Fsp3) is 0.684. The zero-order valence-corrected chi connectivity index (χ0v) is 17.7. The zero-order chi connectivity index (χ0) is 20.3. The van der Waals surface area contributed by atoms with Gasteiger partial charge in [0.1, 0.15) is 5.78 Å². The number of hydrogen-bond acceptors (Lipinski definition) is 5. The molecular weight excluding hydrogens is 405 g/mol. The number of aromatic nitrogens is 1. The number of sulfonamides is 1. The first-order valence-electron chi connectivity index (χ1n) is 9.64. The Morgan fingerprint density at radius 1 is 1.29 bits per heavy atom. The van der Waals surface area contributed by atoms with Crippen LogP contribution in [0.2, 0.25) is 5.02 Å². The van der Waals surface area contributed by atoms with Gasteiger partial charge in [-0.3, -0.25) is 4.79 Å². The van der Waals surface area contributed by atoms with Crippen molar-refractivity contribution >= 4 is 33.2 Å². The summed E-state index contributed by atoms with van der Waals surface area (Å²) in [6, 6.07) is 1.20. The SMILES string of the molecule is CC1(C)[C@H]2CC[C@@]1(CS(=O)(=O)N1CCN(c3ncc(Cl)cc3F)CC1)C(=O)C2. The van der Waals surface area contributed by atoms with Crippen LogP contribution in [-0.2, 0) is 14.8 Å². The van der Waals surface area contributed by atoms with Gasteiger partial charge in [0.15, 0.2) is 11.6 Å². The summed E-state index contributed by atoms with van der Waals surface area (Å²) in [5.41, 5.74) is -1.05. The Morgan fingerprint density at radius 2 is 1.96 bits per heavy atom. The average Bonchev–Trinajstić information content (AvgIpc) is 2.96. The molecule has 1 aromatic heterocycles. The lowest BCUT2D eigenvalue weighted by Crippen LogP contribution is -2.53. The standard InChI is InChI=1S/C19H25ClFN3O3S/c1-18(2)13-3-4-19(18,16(25)9-13)12-28(26,27)24-7-5-23(6-8-24)17-15(21)10-14(20)11-22-17/h10-11,13H,3-9,12H2,1-2H3/t13-,19+/m0/s1. The molecule has 1 aromatic rings. The topological polar surface area (TPSA) is 70.6 Å². The quantitative estimate of drug-likeness (QED) is 0.736. The van der Waals surface area contributed by atoms with Crippen LogP contribution in [0.1, 0.15) is 33.1 Å². The molecule has 0 unspecified atom stereocenters. The van der Waals surface area contributed by atoms with Crippen LogP contribution in [0.4, 0.5) is 10.2 Å². The normalized spacial score (nSPS) is 30.2. The van der Waals surface area contributed by atoms with Gasteiger partial charge in [-0.25, -0.2) is 17.8 Å². The summed E-state index contributed by atoms with van der Waals surface area (Å²) >= 11 is 5.75. The first kappa shape index (κ1) is 20.0. The molecule has 0 amide bonds. The first-order chi connectivity index (χ1) is 13.1. The summed E-state index contributed by atoms with van der Waals surface area (Å²) in [5.74, 6) is -0.0613. The number of carbonyl (C=O) groups is 1. The van der Waals surface area contributed by atoms with E-state index in [0.29, 0.717) is 25.9 Å². The van der Waals surface area contributed by atoms with Crippen LogP contribution in [0.15, 0.2) is 12.3 Å². The fourth-order valence-electron chi connectivity index (χ4n) is 5.33. The zero-order valence-electron chi connectivity index (χ0n) is 16.1. The van der Waals surface area contributed by atoms with Gasteiger partial charge < -0.3 is 4.90 Å². The van der Waals surface area contributed by atoms with E-state index in [0.717, 1.165) is 6.42 Å². The van der Waals surface area contributed by atoms with Crippen molar-refractivity contribution in [3.63, 3.8) is 0 Å². The molecule has 2 atom stereocenters. The number of rotatable bonds is 4. The predicted octanol–water partition coefficient (Wildman–Crippen LogP) is 2.72. The highest BCUT2D eigenvalue weighted by molar-refractivity contribution is 7.89. The number of fused-ring (bicyclic) bond motifs is 2. The number of anilines is 1. The van der Waals surface area contributed by atoms with Crippen molar-refractivity contribution in [1.29, 1.82) is 0 Å². The van der Waals surface area contributed by atoms with E-state index >= 15 is 0 Å². The second-order valence-electron chi connectivity index (χ2n) is 8.77. The molecule has 1 saturated heterocycles. The van der Waals surface area contributed by atoms with E-state index in [1.807, 2.05) is 13.8 Å². The lowest BCUT2D eigenvalue weighted by Gasteiger charge is -2.40. The molecule has 9 heteroatoms. The number of nitrogens with zero attached hydrogens (tertiary/aromatic N) is 3. The van der Waals surface area contributed by atoms with Gasteiger partial charge >= 0.3 is 0 Å². The van der Waals surface area contributed by atoms with Crippen molar-refractivity contribution in [2.24, 2.45) is 16.7 Å². The van der Waals surface area contributed by atoms with Crippen LogP contribution in [-0.4, -0.2) is 55.4 Å². The van der Waals surface area contributed by atoms with Crippen molar-refractivity contribution < 1.29 is 17.6 Å². The molecule has 2 saturated carbocycles. The second-order valence-corrected chi connectivity index (χ2v) is 11.2. The van der Waals surface area contributed by atoms with Crippen molar-refractivity contribution in [2.75, 3.05) is 36.8 Å². The smallest absolute Gasteiger partial charge is 0.215 e. The van der Waals surface area contributed by atoms with E-state index < -0.39 is 21.3 Å². The van der Waals surface area contributed by atoms with Gasteiger partial charge in [-0.05, 0) is 30.2 Å². The Balaban J connectivity index is 1.48. The Labute approximate surface area is 170 Å². The molecule has 0 N–H and O–H groups in total. The van der Waals surface area contributed by atoms with E-state index in [-0.39, 0.29) is 46.8 Å². The molecule has 0 aromatic carbocycles. The van der Waals surface area contributed by atoms with Crippen molar-refractivity contribution in [3.8, 4) is 0 Å². The summed E-state index contributed by atoms with van der Waals surface area (Å²) in [5, 5.41) is 0.223. The molecule has 2 aliphatic carbocycles. The van der Waals surface area contributed by atoms with E-state index in [2.05, 4.69) is 4.98 Å². The first-order valence-corrected chi connectivity index (χ1v) is 11.6. The molecule has 0 spiro atoms. The summed E-state index contributed by atoms with van der Waals surface area (Å²) in [4.78, 5) is 18.4. The lowest BCUT2D eigenvalue weighted by molar-refractivity contribution is -0.128. The van der Waals surface area contributed by atoms with Crippen molar-refractivity contribution in [3.05, 3.63) is 23.1 Å². The molecule has 4 rings (SSSR count). The molecule has 28 heavy (non-hydrogen) atoms.